The lowest BCUT2D eigenvalue weighted by molar-refractivity contribution is 0.102. The summed E-state index contributed by atoms with van der Waals surface area (Å²) in [7, 11) is 0. The van der Waals surface area contributed by atoms with Gasteiger partial charge >= 0.3 is 0 Å². The Balaban J connectivity index is 1.69. The average molecular weight is 392 g/mol. The molecule has 29 heavy (non-hydrogen) atoms. The summed E-state index contributed by atoms with van der Waals surface area (Å²) in [5.41, 5.74) is 3.81. The predicted molar refractivity (Wildman–Crippen MR) is 114 cm³/mol. The quantitative estimate of drug-likeness (QED) is 0.634. The fraction of sp³-hybridized carbons (Fsp3) is 0.318. The monoisotopic (exact) mass is 392 g/mol. The van der Waals surface area contributed by atoms with Crippen molar-refractivity contribution in [2.45, 2.75) is 32.8 Å². The normalized spacial score (nSPS) is 14.9. The van der Waals surface area contributed by atoms with Gasteiger partial charge in [0.15, 0.2) is 0 Å². The van der Waals surface area contributed by atoms with Gasteiger partial charge in [-0.1, -0.05) is 0 Å². The molecule has 150 valence electrons. The maximum absolute atomic E-state index is 13.1. The van der Waals surface area contributed by atoms with Crippen molar-refractivity contribution in [1.29, 1.82) is 0 Å². The zero-order valence-electron chi connectivity index (χ0n) is 16.5. The molecule has 7 nitrogen and oxygen atoms in total. The fourth-order valence-corrected chi connectivity index (χ4v) is 3.78. The van der Waals surface area contributed by atoms with Crippen LogP contribution in [0.15, 0.2) is 41.3 Å². The minimum atomic E-state index is -0.755. The summed E-state index contributed by atoms with van der Waals surface area (Å²) in [6, 6.07) is 8.61. The summed E-state index contributed by atoms with van der Waals surface area (Å²) >= 11 is 0. The van der Waals surface area contributed by atoms with Crippen LogP contribution in [0.3, 0.4) is 0 Å². The van der Waals surface area contributed by atoms with Crippen LogP contribution in [0.2, 0.25) is 0 Å². The first-order chi connectivity index (χ1) is 13.9. The Hall–Kier alpha value is -3.19. The highest BCUT2D eigenvalue weighted by molar-refractivity contribution is 6.08. The number of pyridine rings is 2. The second-order valence-electron chi connectivity index (χ2n) is 7.53. The standard InChI is InChI=1S/C22H24N4O3/c1-13-9-21(28)25-18-6-5-15(10-16(13)18)24-22(29)17-11-19(14(2)27)23-12-20(17)26-7-3-4-8-26/h5-6,9-12,14,27H,3-4,7-8H2,1-2H3,(H,24,29)(H,25,28). The van der Waals surface area contributed by atoms with Gasteiger partial charge in [0.1, 0.15) is 0 Å². The van der Waals surface area contributed by atoms with Gasteiger partial charge in [0.25, 0.3) is 5.91 Å². The smallest absolute Gasteiger partial charge is 0.257 e. The number of carbonyl (C=O) groups excluding carboxylic acids is 1. The molecule has 1 amide bonds. The Morgan fingerprint density at radius 1 is 1.24 bits per heavy atom. The van der Waals surface area contributed by atoms with Gasteiger partial charge in [-0.2, -0.15) is 0 Å². The molecule has 2 aromatic heterocycles. The van der Waals surface area contributed by atoms with Crippen LogP contribution in [0, 0.1) is 6.92 Å². The molecule has 3 aromatic rings. The SMILES string of the molecule is Cc1cc(=O)[nH]c2ccc(NC(=O)c3cc(C(C)O)ncc3N3CCCC3)cc12. The number of anilines is 2. The Morgan fingerprint density at radius 2 is 2.00 bits per heavy atom. The summed E-state index contributed by atoms with van der Waals surface area (Å²) in [6.45, 7) is 5.27. The zero-order chi connectivity index (χ0) is 20.5. The number of carbonyl (C=O) groups is 1. The van der Waals surface area contributed by atoms with E-state index in [1.54, 1.807) is 31.3 Å². The number of nitrogens with zero attached hydrogens (tertiary/aromatic N) is 2. The third-order valence-electron chi connectivity index (χ3n) is 5.33. The highest BCUT2D eigenvalue weighted by atomic mass is 16.3. The lowest BCUT2D eigenvalue weighted by atomic mass is 10.1. The van der Waals surface area contributed by atoms with Gasteiger partial charge in [0, 0.05) is 35.7 Å². The number of aliphatic hydroxyl groups excluding tert-OH is 1. The maximum atomic E-state index is 13.1. The third-order valence-corrected chi connectivity index (χ3v) is 5.33. The molecule has 0 aliphatic carbocycles. The molecule has 1 aliphatic rings. The minimum absolute atomic E-state index is 0.149. The number of benzene rings is 1. The molecule has 7 heteroatoms. The molecule has 3 heterocycles. The molecule has 1 fully saturated rings. The molecular formula is C22H24N4O3. The number of aromatic nitrogens is 2. The van der Waals surface area contributed by atoms with Gasteiger partial charge in [0.05, 0.1) is 29.2 Å². The van der Waals surface area contributed by atoms with Crippen molar-refractivity contribution in [2.24, 2.45) is 0 Å². The van der Waals surface area contributed by atoms with Crippen LogP contribution in [0.1, 0.15) is 47.5 Å². The van der Waals surface area contributed by atoms with E-state index in [9.17, 15) is 14.7 Å². The summed E-state index contributed by atoms with van der Waals surface area (Å²) in [4.78, 5) is 34.1. The topological polar surface area (TPSA) is 98.3 Å². The molecule has 1 aliphatic heterocycles. The van der Waals surface area contributed by atoms with Crippen LogP contribution >= 0.6 is 0 Å². The Kier molecular flexibility index (Phi) is 5.07. The highest BCUT2D eigenvalue weighted by Gasteiger charge is 2.22. The molecule has 1 atom stereocenters. The Labute approximate surface area is 168 Å². The number of aryl methyl sites for hydroxylation is 1. The molecular weight excluding hydrogens is 368 g/mol. The van der Waals surface area contributed by atoms with Gasteiger partial charge in [-0.15, -0.1) is 0 Å². The van der Waals surface area contributed by atoms with E-state index in [-0.39, 0.29) is 11.5 Å². The predicted octanol–water partition coefficient (Wildman–Crippen LogP) is 3.14. The largest absolute Gasteiger partial charge is 0.387 e. The van der Waals surface area contributed by atoms with Crippen molar-refractivity contribution in [3.05, 3.63) is 63.7 Å². The van der Waals surface area contributed by atoms with Gasteiger partial charge in [-0.05, 0) is 56.5 Å². The number of rotatable bonds is 4. The van der Waals surface area contributed by atoms with Crippen molar-refractivity contribution in [3.8, 4) is 0 Å². The van der Waals surface area contributed by atoms with E-state index in [0.29, 0.717) is 16.9 Å². The number of hydrogen-bond donors (Lipinski definition) is 3. The zero-order valence-corrected chi connectivity index (χ0v) is 16.5. The Morgan fingerprint density at radius 3 is 2.72 bits per heavy atom. The van der Waals surface area contributed by atoms with E-state index < -0.39 is 6.10 Å². The fourth-order valence-electron chi connectivity index (χ4n) is 3.78. The number of aliphatic hydroxyl groups is 1. The summed E-state index contributed by atoms with van der Waals surface area (Å²) in [6.07, 6.45) is 3.09. The van der Waals surface area contributed by atoms with Crippen molar-refractivity contribution < 1.29 is 9.90 Å². The molecule has 1 unspecified atom stereocenters. The lowest BCUT2D eigenvalue weighted by Gasteiger charge is -2.21. The molecule has 0 radical (unpaired) electrons. The van der Waals surface area contributed by atoms with Crippen molar-refractivity contribution in [1.82, 2.24) is 9.97 Å². The van der Waals surface area contributed by atoms with Crippen LogP contribution < -0.4 is 15.8 Å². The molecule has 0 bridgehead atoms. The number of hydrogen-bond acceptors (Lipinski definition) is 5. The van der Waals surface area contributed by atoms with Crippen LogP contribution in [0.4, 0.5) is 11.4 Å². The first-order valence-electron chi connectivity index (χ1n) is 9.80. The molecule has 0 saturated carbocycles. The van der Waals surface area contributed by atoms with Crippen LogP contribution in [-0.2, 0) is 0 Å². The van der Waals surface area contributed by atoms with E-state index >= 15 is 0 Å². The maximum Gasteiger partial charge on any atom is 0.257 e. The van der Waals surface area contributed by atoms with Crippen molar-refractivity contribution in [2.75, 3.05) is 23.3 Å². The van der Waals surface area contributed by atoms with E-state index in [4.69, 9.17) is 0 Å². The molecule has 1 aromatic carbocycles. The van der Waals surface area contributed by atoms with E-state index in [1.807, 2.05) is 13.0 Å². The van der Waals surface area contributed by atoms with Gasteiger partial charge in [-0.25, -0.2) is 0 Å². The van der Waals surface area contributed by atoms with E-state index in [0.717, 1.165) is 48.1 Å². The Bertz CT molecular complexity index is 1130. The molecule has 0 spiro atoms. The second kappa shape index (κ2) is 7.67. The first-order valence-corrected chi connectivity index (χ1v) is 9.80. The van der Waals surface area contributed by atoms with Crippen LogP contribution in [-0.4, -0.2) is 34.1 Å². The minimum Gasteiger partial charge on any atom is -0.387 e. The van der Waals surface area contributed by atoms with Crippen molar-refractivity contribution in [3.63, 3.8) is 0 Å². The van der Waals surface area contributed by atoms with Gasteiger partial charge in [-0.3, -0.25) is 14.6 Å². The highest BCUT2D eigenvalue weighted by Crippen LogP contribution is 2.27. The van der Waals surface area contributed by atoms with Gasteiger partial charge in [0.2, 0.25) is 5.56 Å². The summed E-state index contributed by atoms with van der Waals surface area (Å²) < 4.78 is 0. The number of aromatic amines is 1. The second-order valence-corrected chi connectivity index (χ2v) is 7.53. The third kappa shape index (κ3) is 3.86. The number of nitrogens with one attached hydrogen (secondary N) is 2. The van der Waals surface area contributed by atoms with E-state index in [2.05, 4.69) is 20.2 Å². The van der Waals surface area contributed by atoms with Crippen LogP contribution in [0.5, 0.6) is 0 Å². The number of H-pyrrole nitrogens is 1. The number of amides is 1. The molecule has 4 rings (SSSR count). The molecule has 3 N–H and O–H groups in total. The van der Waals surface area contributed by atoms with E-state index in [1.165, 1.54) is 6.07 Å². The van der Waals surface area contributed by atoms with Gasteiger partial charge < -0.3 is 20.3 Å². The summed E-state index contributed by atoms with van der Waals surface area (Å²) in [5, 5.41) is 13.7. The summed E-state index contributed by atoms with van der Waals surface area (Å²) in [5.74, 6) is -0.252. The van der Waals surface area contributed by atoms with Crippen LogP contribution in [0.25, 0.3) is 10.9 Å². The first kappa shape index (κ1) is 19.1. The van der Waals surface area contributed by atoms with Crippen molar-refractivity contribution >= 4 is 28.2 Å². The number of fused-ring (bicyclic) bond motifs is 1. The lowest BCUT2D eigenvalue weighted by Crippen LogP contribution is -2.23. The molecule has 1 saturated heterocycles. The average Bonchev–Trinajstić information content (AvgIpc) is 3.22.